The van der Waals surface area contributed by atoms with E-state index in [2.05, 4.69) is 35.8 Å². The first-order valence-electron chi connectivity index (χ1n) is 13.4. The van der Waals surface area contributed by atoms with Gasteiger partial charge in [-0.1, -0.05) is 36.4 Å². The zero-order valence-corrected chi connectivity index (χ0v) is 21.2. The molecule has 4 aliphatic rings. The number of rotatable bonds is 11. The quantitative estimate of drug-likeness (QED) is 0.472. The van der Waals surface area contributed by atoms with Crippen LogP contribution in [0.4, 0.5) is 0 Å². The van der Waals surface area contributed by atoms with Gasteiger partial charge in [-0.25, -0.2) is 0 Å². The van der Waals surface area contributed by atoms with Gasteiger partial charge in [0.25, 0.3) is 5.91 Å². The zero-order valence-electron chi connectivity index (χ0n) is 21.2. The molecule has 188 valence electrons. The number of carbonyl (C=O) groups is 1. The largest absolute Gasteiger partial charge is 0.493 e. The van der Waals surface area contributed by atoms with E-state index < -0.39 is 0 Å². The maximum Gasteiger partial charge on any atom is 0.257 e. The number of benzene rings is 2. The predicted octanol–water partition coefficient (Wildman–Crippen LogP) is 5.13. The van der Waals surface area contributed by atoms with Crippen molar-refractivity contribution in [2.45, 2.75) is 64.5 Å². The summed E-state index contributed by atoms with van der Waals surface area (Å²) in [6.45, 7) is 3.79. The van der Waals surface area contributed by atoms with Crippen molar-refractivity contribution in [1.82, 2.24) is 10.6 Å². The van der Waals surface area contributed by atoms with Crippen LogP contribution in [0, 0.1) is 23.2 Å². The Labute approximate surface area is 210 Å². The van der Waals surface area contributed by atoms with Crippen molar-refractivity contribution in [3.8, 4) is 11.5 Å². The minimum absolute atomic E-state index is 0.0220. The van der Waals surface area contributed by atoms with Crippen LogP contribution in [0.15, 0.2) is 48.5 Å². The van der Waals surface area contributed by atoms with Crippen molar-refractivity contribution >= 4 is 5.91 Å². The van der Waals surface area contributed by atoms with Crippen LogP contribution in [-0.4, -0.2) is 32.2 Å². The highest BCUT2D eigenvalue weighted by Crippen LogP contribution is 2.61. The molecule has 2 aromatic rings. The van der Waals surface area contributed by atoms with E-state index in [1.165, 1.54) is 49.7 Å². The molecule has 1 amide bonds. The van der Waals surface area contributed by atoms with Gasteiger partial charge in [-0.05, 0) is 98.3 Å². The Kier molecular flexibility index (Phi) is 7.33. The molecule has 0 aromatic heterocycles. The van der Waals surface area contributed by atoms with Crippen molar-refractivity contribution in [1.29, 1.82) is 0 Å². The first-order valence-corrected chi connectivity index (χ1v) is 13.4. The van der Waals surface area contributed by atoms with Gasteiger partial charge in [0, 0.05) is 19.1 Å². The van der Waals surface area contributed by atoms with Crippen molar-refractivity contribution < 1.29 is 14.3 Å². The molecule has 4 bridgehead atoms. The van der Waals surface area contributed by atoms with Crippen LogP contribution in [-0.2, 0) is 17.8 Å². The molecule has 35 heavy (non-hydrogen) atoms. The van der Waals surface area contributed by atoms with E-state index in [4.69, 9.17) is 9.47 Å². The smallest absolute Gasteiger partial charge is 0.257 e. The van der Waals surface area contributed by atoms with Crippen LogP contribution in [0.2, 0.25) is 0 Å². The normalized spacial score (nSPS) is 27.4. The Morgan fingerprint density at radius 1 is 0.971 bits per heavy atom. The predicted molar refractivity (Wildman–Crippen MR) is 139 cm³/mol. The van der Waals surface area contributed by atoms with E-state index in [0.717, 1.165) is 30.7 Å². The Morgan fingerprint density at radius 3 is 2.31 bits per heavy atom. The second kappa shape index (κ2) is 10.6. The standard InChI is InChI=1S/C30H40N2O3/c1-21(30-16-24-12-25(17-30)14-26(13-24)18-30)32-19-23-8-9-27(28(15-23)34-2)35-20-29(33)31-11-10-22-6-4-3-5-7-22/h3-9,15,21,24-26,32H,10-14,16-20H2,1-2H3,(H,31,33)/t21-,24?,25?,26?,30?/m1/s1. The van der Waals surface area contributed by atoms with Gasteiger partial charge < -0.3 is 20.1 Å². The summed E-state index contributed by atoms with van der Waals surface area (Å²) in [4.78, 5) is 12.2. The fraction of sp³-hybridized carbons (Fsp3) is 0.567. The molecule has 2 N–H and O–H groups in total. The summed E-state index contributed by atoms with van der Waals surface area (Å²) >= 11 is 0. The zero-order chi connectivity index (χ0) is 24.3. The van der Waals surface area contributed by atoms with Gasteiger partial charge in [0.05, 0.1) is 7.11 Å². The van der Waals surface area contributed by atoms with E-state index in [1.807, 2.05) is 30.3 Å². The number of methoxy groups -OCH3 is 1. The van der Waals surface area contributed by atoms with E-state index >= 15 is 0 Å². The molecule has 4 saturated carbocycles. The summed E-state index contributed by atoms with van der Waals surface area (Å²) in [6.07, 6.45) is 9.49. The SMILES string of the molecule is COc1cc(CN[C@H](C)C23CC4CC(CC(C4)C2)C3)ccc1OCC(=O)NCCc1ccccc1. The number of carbonyl (C=O) groups excluding carboxylic acids is 1. The second-order valence-corrected chi connectivity index (χ2v) is 11.2. The van der Waals surface area contributed by atoms with Crippen LogP contribution in [0.5, 0.6) is 11.5 Å². The van der Waals surface area contributed by atoms with Crippen LogP contribution >= 0.6 is 0 Å². The molecule has 0 unspecified atom stereocenters. The molecule has 0 radical (unpaired) electrons. The molecular formula is C30H40N2O3. The minimum atomic E-state index is -0.127. The molecule has 4 aliphatic carbocycles. The summed E-state index contributed by atoms with van der Waals surface area (Å²) in [5.41, 5.74) is 2.88. The number of hydrogen-bond donors (Lipinski definition) is 2. The first-order chi connectivity index (χ1) is 17.0. The number of amides is 1. The Balaban J connectivity index is 1.10. The maximum atomic E-state index is 12.2. The molecule has 0 aliphatic heterocycles. The second-order valence-electron chi connectivity index (χ2n) is 11.2. The van der Waals surface area contributed by atoms with Crippen molar-refractivity contribution in [2.24, 2.45) is 23.2 Å². The van der Waals surface area contributed by atoms with Crippen LogP contribution in [0.1, 0.15) is 56.6 Å². The van der Waals surface area contributed by atoms with Gasteiger partial charge in [-0.3, -0.25) is 4.79 Å². The molecular weight excluding hydrogens is 436 g/mol. The Hall–Kier alpha value is -2.53. The van der Waals surface area contributed by atoms with Crippen LogP contribution in [0.25, 0.3) is 0 Å². The van der Waals surface area contributed by atoms with Crippen molar-refractivity contribution in [2.75, 3.05) is 20.3 Å². The van der Waals surface area contributed by atoms with E-state index in [0.29, 0.717) is 29.5 Å². The third-order valence-electron chi connectivity index (χ3n) is 8.78. The third kappa shape index (κ3) is 5.66. The summed E-state index contributed by atoms with van der Waals surface area (Å²) < 4.78 is 11.4. The van der Waals surface area contributed by atoms with Gasteiger partial charge in [-0.15, -0.1) is 0 Å². The summed E-state index contributed by atoms with van der Waals surface area (Å²) in [5.74, 6) is 4.05. The summed E-state index contributed by atoms with van der Waals surface area (Å²) in [5, 5.41) is 6.78. The van der Waals surface area contributed by atoms with Gasteiger partial charge in [0.15, 0.2) is 18.1 Å². The Morgan fingerprint density at radius 2 is 1.66 bits per heavy atom. The van der Waals surface area contributed by atoms with Gasteiger partial charge in [0.1, 0.15) is 0 Å². The highest BCUT2D eigenvalue weighted by Gasteiger charge is 2.52. The minimum Gasteiger partial charge on any atom is -0.493 e. The summed E-state index contributed by atoms with van der Waals surface area (Å²) in [6, 6.07) is 16.7. The van der Waals surface area contributed by atoms with Crippen molar-refractivity contribution in [3.05, 3.63) is 59.7 Å². The molecule has 2 aromatic carbocycles. The average molecular weight is 477 g/mol. The maximum absolute atomic E-state index is 12.2. The van der Waals surface area contributed by atoms with E-state index in [9.17, 15) is 4.79 Å². The fourth-order valence-electron chi connectivity index (χ4n) is 7.32. The lowest BCUT2D eigenvalue weighted by atomic mass is 9.48. The molecule has 5 heteroatoms. The monoisotopic (exact) mass is 476 g/mol. The molecule has 6 rings (SSSR count). The Bertz CT molecular complexity index is 971. The highest BCUT2D eigenvalue weighted by atomic mass is 16.5. The van der Waals surface area contributed by atoms with Gasteiger partial charge >= 0.3 is 0 Å². The number of hydrogen-bond acceptors (Lipinski definition) is 4. The third-order valence-corrected chi connectivity index (χ3v) is 8.78. The van der Waals surface area contributed by atoms with Gasteiger partial charge in [-0.2, -0.15) is 0 Å². The molecule has 4 fully saturated rings. The molecule has 0 saturated heterocycles. The molecule has 0 spiro atoms. The van der Waals surface area contributed by atoms with Crippen molar-refractivity contribution in [3.63, 3.8) is 0 Å². The van der Waals surface area contributed by atoms with Crippen LogP contribution in [0.3, 0.4) is 0 Å². The van der Waals surface area contributed by atoms with E-state index in [-0.39, 0.29) is 12.5 Å². The fourth-order valence-corrected chi connectivity index (χ4v) is 7.32. The molecule has 5 nitrogen and oxygen atoms in total. The topological polar surface area (TPSA) is 59.6 Å². The van der Waals surface area contributed by atoms with Gasteiger partial charge in [0.2, 0.25) is 0 Å². The lowest BCUT2D eigenvalue weighted by Crippen LogP contribution is -2.54. The molecule has 1 atom stereocenters. The highest BCUT2D eigenvalue weighted by molar-refractivity contribution is 5.77. The number of ether oxygens (including phenoxy) is 2. The first kappa shape index (κ1) is 24.2. The molecule has 0 heterocycles. The lowest BCUT2D eigenvalue weighted by Gasteiger charge is -2.59. The average Bonchev–Trinajstić information content (AvgIpc) is 2.86. The summed E-state index contributed by atoms with van der Waals surface area (Å²) in [7, 11) is 1.65. The van der Waals surface area contributed by atoms with E-state index in [1.54, 1.807) is 7.11 Å². The lowest BCUT2D eigenvalue weighted by molar-refractivity contribution is -0.123. The number of nitrogens with one attached hydrogen (secondary N) is 2. The van der Waals surface area contributed by atoms with Crippen LogP contribution < -0.4 is 20.1 Å².